The molecule has 0 unspecified atom stereocenters. The van der Waals surface area contributed by atoms with E-state index in [-0.39, 0.29) is 11.8 Å². The molecule has 0 spiro atoms. The third-order valence-electron chi connectivity index (χ3n) is 4.28. The molecule has 0 saturated heterocycles. The minimum Gasteiger partial charge on any atom is -0.326 e. The molecular weight excluding hydrogens is 270 g/mol. The second-order valence-corrected chi connectivity index (χ2v) is 6.30. The van der Waals surface area contributed by atoms with E-state index < -0.39 is 0 Å². The molecule has 0 atom stereocenters. The molecule has 1 aromatic carbocycles. The molecule has 0 heterocycles. The molecule has 1 N–H and O–H groups in total. The Bertz CT molecular complexity index is 438. The number of anilines is 1. The van der Waals surface area contributed by atoms with E-state index in [2.05, 4.69) is 12.2 Å². The Hall–Kier alpha value is -1.02. The molecule has 0 aromatic heterocycles. The molecular formula is C17H24ClNO. The second kappa shape index (κ2) is 7.68. The zero-order valence-corrected chi connectivity index (χ0v) is 13.0. The van der Waals surface area contributed by atoms with Crippen LogP contribution < -0.4 is 5.32 Å². The van der Waals surface area contributed by atoms with Crippen molar-refractivity contribution in [2.45, 2.75) is 51.9 Å². The molecule has 2 nitrogen and oxygen atoms in total. The monoisotopic (exact) mass is 293 g/mol. The standard InChI is InChI=1S/C17H24ClNO/c1-2-3-5-13-8-10-14(11-9-13)17(20)19-16-7-4-6-15(18)12-16/h4,6-7,12-14H,2-3,5,8-11H2,1H3,(H,19,20). The van der Waals surface area contributed by atoms with Crippen LogP contribution in [-0.4, -0.2) is 5.91 Å². The van der Waals surface area contributed by atoms with Gasteiger partial charge < -0.3 is 5.32 Å². The first-order valence-electron chi connectivity index (χ1n) is 7.75. The molecule has 1 aliphatic rings. The fourth-order valence-corrected chi connectivity index (χ4v) is 3.21. The number of amides is 1. The molecule has 0 bridgehead atoms. The van der Waals surface area contributed by atoms with Crippen molar-refractivity contribution >= 4 is 23.2 Å². The number of nitrogens with one attached hydrogen (secondary N) is 1. The van der Waals surface area contributed by atoms with E-state index in [4.69, 9.17) is 11.6 Å². The smallest absolute Gasteiger partial charge is 0.227 e. The van der Waals surface area contributed by atoms with Gasteiger partial charge in [0.2, 0.25) is 5.91 Å². The summed E-state index contributed by atoms with van der Waals surface area (Å²) in [5.41, 5.74) is 0.801. The quantitative estimate of drug-likeness (QED) is 0.786. The van der Waals surface area contributed by atoms with Crippen molar-refractivity contribution in [1.29, 1.82) is 0 Å². The fraction of sp³-hybridized carbons (Fsp3) is 0.588. The van der Waals surface area contributed by atoms with Crippen LogP contribution in [0.25, 0.3) is 0 Å². The summed E-state index contributed by atoms with van der Waals surface area (Å²) < 4.78 is 0. The average Bonchev–Trinajstić information content (AvgIpc) is 2.45. The van der Waals surface area contributed by atoms with Crippen LogP contribution in [0.1, 0.15) is 51.9 Å². The highest BCUT2D eigenvalue weighted by molar-refractivity contribution is 6.30. The zero-order valence-electron chi connectivity index (χ0n) is 12.2. The van der Waals surface area contributed by atoms with E-state index in [1.54, 1.807) is 6.07 Å². The van der Waals surface area contributed by atoms with Crippen molar-refractivity contribution in [3.8, 4) is 0 Å². The zero-order chi connectivity index (χ0) is 14.4. The van der Waals surface area contributed by atoms with E-state index in [0.717, 1.165) is 24.4 Å². The van der Waals surface area contributed by atoms with Crippen molar-refractivity contribution < 1.29 is 4.79 Å². The van der Waals surface area contributed by atoms with Gasteiger partial charge in [-0.2, -0.15) is 0 Å². The topological polar surface area (TPSA) is 29.1 Å². The highest BCUT2D eigenvalue weighted by Gasteiger charge is 2.25. The first-order valence-corrected chi connectivity index (χ1v) is 8.13. The van der Waals surface area contributed by atoms with Crippen LogP contribution in [0.5, 0.6) is 0 Å². The van der Waals surface area contributed by atoms with Gasteiger partial charge in [-0.15, -0.1) is 0 Å². The summed E-state index contributed by atoms with van der Waals surface area (Å²) in [5, 5.41) is 3.65. The van der Waals surface area contributed by atoms with E-state index in [1.807, 2.05) is 18.2 Å². The average molecular weight is 294 g/mol. The SMILES string of the molecule is CCCCC1CCC(C(=O)Nc2cccc(Cl)c2)CC1. The van der Waals surface area contributed by atoms with E-state index in [1.165, 1.54) is 32.1 Å². The molecule has 1 fully saturated rings. The lowest BCUT2D eigenvalue weighted by atomic mass is 9.79. The minimum absolute atomic E-state index is 0.154. The van der Waals surface area contributed by atoms with Crippen molar-refractivity contribution in [2.75, 3.05) is 5.32 Å². The number of unbranched alkanes of at least 4 members (excludes halogenated alkanes) is 1. The molecule has 1 saturated carbocycles. The summed E-state index contributed by atoms with van der Waals surface area (Å²) in [4.78, 5) is 12.2. The third-order valence-corrected chi connectivity index (χ3v) is 4.51. The molecule has 3 heteroatoms. The maximum Gasteiger partial charge on any atom is 0.227 e. The largest absolute Gasteiger partial charge is 0.326 e. The van der Waals surface area contributed by atoms with Crippen LogP contribution in [-0.2, 0) is 4.79 Å². The molecule has 0 aliphatic heterocycles. The van der Waals surface area contributed by atoms with Gasteiger partial charge in [0.05, 0.1) is 0 Å². The Labute approximate surface area is 126 Å². The highest BCUT2D eigenvalue weighted by atomic mass is 35.5. The second-order valence-electron chi connectivity index (χ2n) is 5.86. The summed E-state index contributed by atoms with van der Waals surface area (Å²) >= 11 is 5.93. The molecule has 20 heavy (non-hydrogen) atoms. The van der Waals surface area contributed by atoms with Gasteiger partial charge in [0.1, 0.15) is 0 Å². The van der Waals surface area contributed by atoms with Gasteiger partial charge >= 0.3 is 0 Å². The van der Waals surface area contributed by atoms with Gasteiger partial charge in [0, 0.05) is 16.6 Å². The summed E-state index contributed by atoms with van der Waals surface area (Å²) in [6, 6.07) is 7.36. The molecule has 1 amide bonds. The fourth-order valence-electron chi connectivity index (χ4n) is 3.02. The summed E-state index contributed by atoms with van der Waals surface area (Å²) in [6.45, 7) is 2.24. The van der Waals surface area contributed by atoms with Crippen LogP contribution in [0.15, 0.2) is 24.3 Å². The lowest BCUT2D eigenvalue weighted by molar-refractivity contribution is -0.121. The van der Waals surface area contributed by atoms with Crippen LogP contribution in [0.2, 0.25) is 5.02 Å². The summed E-state index contributed by atoms with van der Waals surface area (Å²) in [5.74, 6) is 1.17. The van der Waals surface area contributed by atoms with Gasteiger partial charge in [0.25, 0.3) is 0 Å². The maximum absolute atomic E-state index is 12.2. The summed E-state index contributed by atoms with van der Waals surface area (Å²) in [7, 11) is 0. The number of hydrogen-bond acceptors (Lipinski definition) is 1. The van der Waals surface area contributed by atoms with E-state index in [0.29, 0.717) is 5.02 Å². The van der Waals surface area contributed by atoms with Gasteiger partial charge in [-0.25, -0.2) is 0 Å². The van der Waals surface area contributed by atoms with Gasteiger partial charge in [-0.1, -0.05) is 43.9 Å². The molecule has 1 aliphatic carbocycles. The van der Waals surface area contributed by atoms with E-state index >= 15 is 0 Å². The Morgan fingerprint density at radius 1 is 1.30 bits per heavy atom. The van der Waals surface area contributed by atoms with Gasteiger partial charge in [-0.05, 0) is 49.8 Å². The van der Waals surface area contributed by atoms with Crippen LogP contribution in [0.4, 0.5) is 5.69 Å². The lowest BCUT2D eigenvalue weighted by Gasteiger charge is -2.27. The van der Waals surface area contributed by atoms with Gasteiger partial charge in [-0.3, -0.25) is 4.79 Å². The normalized spacial score (nSPS) is 22.5. The third kappa shape index (κ3) is 4.52. The number of carbonyl (C=O) groups is 1. The first kappa shape index (κ1) is 15.4. The maximum atomic E-state index is 12.2. The van der Waals surface area contributed by atoms with Crippen molar-refractivity contribution in [1.82, 2.24) is 0 Å². The van der Waals surface area contributed by atoms with Crippen molar-refractivity contribution in [2.24, 2.45) is 11.8 Å². The Kier molecular flexibility index (Phi) is 5.90. The molecule has 0 radical (unpaired) electrons. The predicted octanol–water partition coefficient (Wildman–Crippen LogP) is 5.28. The Balaban J connectivity index is 1.80. The Morgan fingerprint density at radius 2 is 2.05 bits per heavy atom. The first-order chi connectivity index (χ1) is 9.69. The van der Waals surface area contributed by atoms with Crippen molar-refractivity contribution in [3.63, 3.8) is 0 Å². The lowest BCUT2D eigenvalue weighted by Crippen LogP contribution is -2.27. The van der Waals surface area contributed by atoms with Crippen LogP contribution in [0, 0.1) is 11.8 Å². The number of benzene rings is 1. The minimum atomic E-state index is 0.154. The predicted molar refractivity (Wildman–Crippen MR) is 85.1 cm³/mol. The summed E-state index contributed by atoms with van der Waals surface area (Å²) in [6.07, 6.45) is 8.39. The van der Waals surface area contributed by atoms with Crippen LogP contribution >= 0.6 is 11.6 Å². The number of hydrogen-bond donors (Lipinski definition) is 1. The van der Waals surface area contributed by atoms with E-state index in [9.17, 15) is 4.79 Å². The van der Waals surface area contributed by atoms with Crippen molar-refractivity contribution in [3.05, 3.63) is 29.3 Å². The van der Waals surface area contributed by atoms with Crippen LogP contribution in [0.3, 0.4) is 0 Å². The molecule has 110 valence electrons. The number of rotatable bonds is 5. The molecule has 1 aromatic rings. The number of carbonyl (C=O) groups excluding carboxylic acids is 1. The van der Waals surface area contributed by atoms with Gasteiger partial charge in [0.15, 0.2) is 0 Å². The highest BCUT2D eigenvalue weighted by Crippen LogP contribution is 2.32. The molecule has 2 rings (SSSR count). The Morgan fingerprint density at radius 3 is 2.70 bits per heavy atom. The number of halogens is 1.